The monoisotopic (exact) mass is 189 g/mol. The third-order valence-corrected chi connectivity index (χ3v) is 1.41. The Morgan fingerprint density at radius 2 is 1.62 bits per heavy atom. The van der Waals surface area contributed by atoms with Gasteiger partial charge in [-0.1, -0.05) is 13.8 Å². The van der Waals surface area contributed by atoms with Crippen LogP contribution in [0.5, 0.6) is 0 Å². The van der Waals surface area contributed by atoms with Crippen molar-refractivity contribution in [3.63, 3.8) is 0 Å². The first-order chi connectivity index (χ1) is 5.86. The Labute approximate surface area is 74.6 Å². The van der Waals surface area contributed by atoms with Crippen LogP contribution in [0.15, 0.2) is 0 Å². The lowest BCUT2D eigenvalue weighted by Gasteiger charge is -2.15. The Hall–Kier alpha value is -1.59. The van der Waals surface area contributed by atoms with Crippen molar-refractivity contribution in [2.24, 2.45) is 5.92 Å². The first kappa shape index (κ1) is 11.4. The van der Waals surface area contributed by atoms with Crippen molar-refractivity contribution in [3.05, 3.63) is 0 Å². The minimum atomic E-state index is -1.69. The average molecular weight is 189 g/mol. The number of aliphatic carboxylic acids is 2. The molecule has 0 aliphatic carbocycles. The number of carbonyl (C=O) groups excluding carboxylic acids is 1. The molecule has 0 aromatic carbocycles. The molecule has 0 aliphatic rings. The molecule has 74 valence electrons. The van der Waals surface area contributed by atoms with Gasteiger partial charge in [0.25, 0.3) is 0 Å². The topological polar surface area (TPSA) is 104 Å². The first-order valence-corrected chi connectivity index (χ1v) is 3.62. The van der Waals surface area contributed by atoms with E-state index < -0.39 is 23.9 Å². The molecule has 0 bridgehead atoms. The van der Waals surface area contributed by atoms with E-state index >= 15 is 0 Å². The van der Waals surface area contributed by atoms with Gasteiger partial charge >= 0.3 is 17.8 Å². The molecule has 1 unspecified atom stereocenters. The highest BCUT2D eigenvalue weighted by Gasteiger charge is 2.25. The van der Waals surface area contributed by atoms with E-state index in [1.54, 1.807) is 13.8 Å². The predicted octanol–water partition coefficient (Wildman–Crippen LogP) is -0.704. The van der Waals surface area contributed by atoms with Gasteiger partial charge in [-0.2, -0.15) is 0 Å². The van der Waals surface area contributed by atoms with Gasteiger partial charge in [0, 0.05) is 0 Å². The van der Waals surface area contributed by atoms with Crippen molar-refractivity contribution in [1.82, 2.24) is 5.32 Å². The van der Waals surface area contributed by atoms with E-state index in [0.717, 1.165) is 0 Å². The largest absolute Gasteiger partial charge is 0.480 e. The molecule has 1 atom stereocenters. The maximum atomic E-state index is 10.6. The third kappa shape index (κ3) is 3.55. The highest BCUT2D eigenvalue weighted by atomic mass is 16.4. The van der Waals surface area contributed by atoms with Gasteiger partial charge < -0.3 is 15.5 Å². The summed E-state index contributed by atoms with van der Waals surface area (Å²) in [6.07, 6.45) is 0. The van der Waals surface area contributed by atoms with Crippen molar-refractivity contribution < 1.29 is 24.6 Å². The molecule has 0 fully saturated rings. The van der Waals surface area contributed by atoms with Crippen molar-refractivity contribution in [2.45, 2.75) is 19.9 Å². The number of amides is 1. The van der Waals surface area contributed by atoms with Crippen LogP contribution in [0.2, 0.25) is 0 Å². The lowest BCUT2D eigenvalue weighted by atomic mass is 10.1. The molecule has 0 saturated carbocycles. The van der Waals surface area contributed by atoms with E-state index in [2.05, 4.69) is 0 Å². The minimum Gasteiger partial charge on any atom is -0.480 e. The Balaban J connectivity index is 4.36. The summed E-state index contributed by atoms with van der Waals surface area (Å²) in [4.78, 5) is 31.2. The zero-order chi connectivity index (χ0) is 10.6. The summed E-state index contributed by atoms with van der Waals surface area (Å²) < 4.78 is 0. The number of carbonyl (C=O) groups is 3. The lowest BCUT2D eigenvalue weighted by molar-refractivity contribution is -0.152. The highest BCUT2D eigenvalue weighted by Crippen LogP contribution is 2.01. The van der Waals surface area contributed by atoms with Gasteiger partial charge in [-0.05, 0) is 5.92 Å². The molecule has 0 spiro atoms. The van der Waals surface area contributed by atoms with Crippen molar-refractivity contribution in [1.29, 1.82) is 0 Å². The van der Waals surface area contributed by atoms with Gasteiger partial charge in [0.05, 0.1) is 0 Å². The molecule has 13 heavy (non-hydrogen) atoms. The molecule has 0 saturated heterocycles. The van der Waals surface area contributed by atoms with Crippen LogP contribution in [-0.2, 0) is 14.4 Å². The minimum absolute atomic E-state index is 0.360. The second kappa shape index (κ2) is 4.44. The fourth-order valence-corrected chi connectivity index (χ4v) is 0.717. The average Bonchev–Trinajstić information content (AvgIpc) is 1.97. The smallest absolute Gasteiger partial charge is 0.394 e. The van der Waals surface area contributed by atoms with Crippen LogP contribution in [0.25, 0.3) is 0 Å². The zero-order valence-corrected chi connectivity index (χ0v) is 7.27. The van der Waals surface area contributed by atoms with Crippen LogP contribution in [0.4, 0.5) is 0 Å². The Morgan fingerprint density at radius 1 is 1.15 bits per heavy atom. The fraction of sp³-hybridized carbons (Fsp3) is 0.571. The molecule has 6 nitrogen and oxygen atoms in total. The van der Waals surface area contributed by atoms with Gasteiger partial charge in [-0.3, -0.25) is 4.79 Å². The van der Waals surface area contributed by atoms with Crippen LogP contribution < -0.4 is 5.32 Å². The van der Waals surface area contributed by atoms with E-state index in [4.69, 9.17) is 10.2 Å². The van der Waals surface area contributed by atoms with Crippen LogP contribution in [0.3, 0.4) is 0 Å². The van der Waals surface area contributed by atoms with E-state index in [1.165, 1.54) is 0 Å². The predicted molar refractivity (Wildman–Crippen MR) is 42.0 cm³/mol. The standard InChI is InChI=1S/C7H11NO5/c1-3(2)4(6(10)11)8-5(9)7(12)13/h3-4H,1-2H3,(H,8,9)(H,10,11)(H,12,13). The molecule has 0 radical (unpaired) electrons. The SMILES string of the molecule is CC(C)C(NC(=O)C(=O)O)C(=O)O. The molecule has 6 heteroatoms. The summed E-state index contributed by atoms with van der Waals surface area (Å²) in [5, 5.41) is 18.6. The number of rotatable bonds is 3. The van der Waals surface area contributed by atoms with E-state index in [1.807, 2.05) is 5.32 Å². The fourth-order valence-electron chi connectivity index (χ4n) is 0.717. The van der Waals surface area contributed by atoms with E-state index in [0.29, 0.717) is 0 Å². The van der Waals surface area contributed by atoms with Gasteiger partial charge in [0.15, 0.2) is 0 Å². The quantitative estimate of drug-likeness (QED) is 0.509. The Morgan fingerprint density at radius 3 is 1.85 bits per heavy atom. The second-order valence-electron chi connectivity index (χ2n) is 2.84. The normalized spacial score (nSPS) is 12.2. The van der Waals surface area contributed by atoms with Crippen molar-refractivity contribution in [3.8, 4) is 0 Å². The maximum Gasteiger partial charge on any atom is 0.394 e. The molecule has 0 heterocycles. The molecular formula is C7H11NO5. The number of hydrogen-bond acceptors (Lipinski definition) is 3. The van der Waals surface area contributed by atoms with Crippen LogP contribution in [0, 0.1) is 5.92 Å². The summed E-state index contributed by atoms with van der Waals surface area (Å²) in [6, 6.07) is -1.16. The summed E-state index contributed by atoms with van der Waals surface area (Å²) in [6.45, 7) is 3.14. The zero-order valence-electron chi connectivity index (χ0n) is 7.27. The Bertz CT molecular complexity index is 235. The molecule has 0 aromatic rings. The third-order valence-electron chi connectivity index (χ3n) is 1.41. The lowest BCUT2D eigenvalue weighted by Crippen LogP contribution is -2.46. The molecule has 1 amide bonds. The highest BCUT2D eigenvalue weighted by molar-refractivity contribution is 6.31. The van der Waals surface area contributed by atoms with E-state index in [9.17, 15) is 14.4 Å². The summed E-state index contributed by atoms with van der Waals surface area (Å²) in [5.41, 5.74) is 0. The Kier molecular flexibility index (Phi) is 3.90. The number of hydrogen-bond donors (Lipinski definition) is 3. The van der Waals surface area contributed by atoms with Crippen LogP contribution in [-0.4, -0.2) is 34.1 Å². The molecule has 0 rings (SSSR count). The summed E-state index contributed by atoms with van der Waals surface area (Å²) in [5.74, 6) is -4.60. The van der Waals surface area contributed by atoms with Crippen molar-refractivity contribution in [2.75, 3.05) is 0 Å². The van der Waals surface area contributed by atoms with Crippen LogP contribution >= 0.6 is 0 Å². The van der Waals surface area contributed by atoms with E-state index in [-0.39, 0.29) is 5.92 Å². The number of carboxylic acids is 2. The van der Waals surface area contributed by atoms with Gasteiger partial charge in [0.2, 0.25) is 0 Å². The van der Waals surface area contributed by atoms with Crippen molar-refractivity contribution >= 4 is 17.8 Å². The van der Waals surface area contributed by atoms with Crippen LogP contribution in [0.1, 0.15) is 13.8 Å². The molecular weight excluding hydrogens is 178 g/mol. The molecule has 0 aliphatic heterocycles. The number of carboxylic acid groups (broad SMARTS) is 2. The molecule has 0 aromatic heterocycles. The first-order valence-electron chi connectivity index (χ1n) is 3.62. The summed E-state index contributed by atoms with van der Waals surface area (Å²) >= 11 is 0. The van der Waals surface area contributed by atoms with Gasteiger partial charge in [-0.15, -0.1) is 0 Å². The van der Waals surface area contributed by atoms with Gasteiger partial charge in [-0.25, -0.2) is 9.59 Å². The maximum absolute atomic E-state index is 10.6. The summed E-state index contributed by atoms with van der Waals surface area (Å²) in [7, 11) is 0. The number of nitrogens with one attached hydrogen (secondary N) is 1. The molecule has 3 N–H and O–H groups in total. The second-order valence-corrected chi connectivity index (χ2v) is 2.84. The van der Waals surface area contributed by atoms with Gasteiger partial charge in [0.1, 0.15) is 6.04 Å².